The molecule has 2 N–H and O–H groups in total. The van der Waals surface area contributed by atoms with Crippen LogP contribution in [0.5, 0.6) is 0 Å². The summed E-state index contributed by atoms with van der Waals surface area (Å²) in [5.74, 6) is 2.65. The molecule has 1 aliphatic rings. The summed E-state index contributed by atoms with van der Waals surface area (Å²) < 4.78 is 0. The Bertz CT molecular complexity index is 315. The topological polar surface area (TPSA) is 69.6 Å². The second kappa shape index (κ2) is 8.58. The fraction of sp³-hybridized carbons (Fsp3) is 0.833. The van der Waals surface area contributed by atoms with E-state index in [1.807, 2.05) is 6.92 Å². The molecule has 0 aromatic heterocycles. The highest BCUT2D eigenvalue weighted by atomic mass is 32.2. The number of hydrogen-bond donors (Lipinski definition) is 2. The summed E-state index contributed by atoms with van der Waals surface area (Å²) in [5, 5.41) is 11.8. The lowest BCUT2D eigenvalue weighted by Crippen LogP contribution is -2.53. The molecule has 1 fully saturated rings. The van der Waals surface area contributed by atoms with E-state index in [4.69, 9.17) is 5.11 Å². The van der Waals surface area contributed by atoms with Crippen LogP contribution in [-0.2, 0) is 4.79 Å². The molecular formula is C12H22N2O3S2. The van der Waals surface area contributed by atoms with Gasteiger partial charge in [-0.1, -0.05) is 6.92 Å². The molecule has 1 rings (SSSR count). The minimum Gasteiger partial charge on any atom is -0.481 e. The van der Waals surface area contributed by atoms with Crippen LogP contribution in [0.15, 0.2) is 0 Å². The quantitative estimate of drug-likeness (QED) is 0.782. The molecule has 110 valence electrons. The number of carbonyl (C=O) groups excluding carboxylic acids is 1. The minimum atomic E-state index is -0.847. The Balaban J connectivity index is 2.49. The molecule has 19 heavy (non-hydrogen) atoms. The maximum absolute atomic E-state index is 12.2. The lowest BCUT2D eigenvalue weighted by Gasteiger charge is -2.35. The molecule has 2 amide bonds. The third-order valence-corrected chi connectivity index (χ3v) is 5.08. The Morgan fingerprint density at radius 1 is 1.58 bits per heavy atom. The standard InChI is InChI=1S/C12H22N2O3S2/c1-3-18-7-9(2)13-12(17)14-4-5-19-8-10(14)6-11(15)16/h9-10H,3-8H2,1-2H3,(H,13,17)(H,15,16). The van der Waals surface area contributed by atoms with E-state index in [-0.39, 0.29) is 24.5 Å². The number of urea groups is 1. The largest absolute Gasteiger partial charge is 0.481 e. The van der Waals surface area contributed by atoms with E-state index >= 15 is 0 Å². The molecule has 5 nitrogen and oxygen atoms in total. The minimum absolute atomic E-state index is 0.0263. The fourth-order valence-corrected chi connectivity index (χ4v) is 3.66. The number of nitrogens with zero attached hydrogens (tertiary/aromatic N) is 1. The maximum Gasteiger partial charge on any atom is 0.317 e. The van der Waals surface area contributed by atoms with E-state index in [1.54, 1.807) is 28.4 Å². The Kier molecular flexibility index (Phi) is 7.45. The molecule has 0 spiro atoms. The Morgan fingerprint density at radius 3 is 2.95 bits per heavy atom. The molecule has 0 saturated carbocycles. The molecule has 0 bridgehead atoms. The van der Waals surface area contributed by atoms with Gasteiger partial charge < -0.3 is 15.3 Å². The summed E-state index contributed by atoms with van der Waals surface area (Å²) in [6, 6.07) is -0.212. The second-order valence-electron chi connectivity index (χ2n) is 4.53. The number of amides is 2. The van der Waals surface area contributed by atoms with Crippen molar-refractivity contribution in [1.29, 1.82) is 0 Å². The molecule has 0 aromatic rings. The average Bonchev–Trinajstić information content (AvgIpc) is 2.36. The normalized spacial score (nSPS) is 20.9. The van der Waals surface area contributed by atoms with Crippen molar-refractivity contribution in [3.05, 3.63) is 0 Å². The van der Waals surface area contributed by atoms with Crippen LogP contribution in [0.4, 0.5) is 4.79 Å². The summed E-state index contributed by atoms with van der Waals surface area (Å²) in [6.45, 7) is 4.69. The van der Waals surface area contributed by atoms with Gasteiger partial charge in [-0.05, 0) is 12.7 Å². The van der Waals surface area contributed by atoms with Crippen molar-refractivity contribution < 1.29 is 14.7 Å². The molecule has 0 aromatic carbocycles. The first-order chi connectivity index (χ1) is 9.04. The summed E-state index contributed by atoms with van der Waals surface area (Å²) in [6.07, 6.45) is 0.0263. The van der Waals surface area contributed by atoms with Crippen molar-refractivity contribution in [2.75, 3.05) is 29.6 Å². The number of aliphatic carboxylic acids is 1. The molecule has 2 unspecified atom stereocenters. The van der Waals surface area contributed by atoms with E-state index in [0.29, 0.717) is 12.3 Å². The fourth-order valence-electron chi connectivity index (χ4n) is 1.92. The highest BCUT2D eigenvalue weighted by molar-refractivity contribution is 7.99. The SMILES string of the molecule is CCSCC(C)NC(=O)N1CCSCC1CC(=O)O. The molecule has 1 aliphatic heterocycles. The number of carboxylic acids is 1. The Hall–Kier alpha value is -0.560. The summed E-state index contributed by atoms with van der Waals surface area (Å²) in [4.78, 5) is 24.7. The number of nitrogens with one attached hydrogen (secondary N) is 1. The first kappa shape index (κ1) is 16.5. The van der Waals surface area contributed by atoms with Gasteiger partial charge in [-0.15, -0.1) is 0 Å². The van der Waals surface area contributed by atoms with Gasteiger partial charge in [0.05, 0.1) is 12.5 Å². The van der Waals surface area contributed by atoms with Crippen LogP contribution >= 0.6 is 23.5 Å². The number of carbonyl (C=O) groups is 2. The lowest BCUT2D eigenvalue weighted by atomic mass is 10.2. The van der Waals surface area contributed by atoms with Gasteiger partial charge in [0.2, 0.25) is 0 Å². The highest BCUT2D eigenvalue weighted by Crippen LogP contribution is 2.19. The van der Waals surface area contributed by atoms with E-state index in [1.165, 1.54) is 0 Å². The van der Waals surface area contributed by atoms with Crippen molar-refractivity contribution >= 4 is 35.5 Å². The Labute approximate surface area is 122 Å². The third kappa shape index (κ3) is 5.95. The number of thioether (sulfide) groups is 2. The van der Waals surface area contributed by atoms with Crippen molar-refractivity contribution in [1.82, 2.24) is 10.2 Å². The van der Waals surface area contributed by atoms with Gasteiger partial charge in [0.15, 0.2) is 0 Å². The van der Waals surface area contributed by atoms with Crippen molar-refractivity contribution in [2.45, 2.75) is 32.4 Å². The number of hydrogen-bond acceptors (Lipinski definition) is 4. The van der Waals surface area contributed by atoms with Gasteiger partial charge in [0.1, 0.15) is 0 Å². The van der Waals surface area contributed by atoms with Gasteiger partial charge in [-0.2, -0.15) is 23.5 Å². The predicted molar refractivity (Wildman–Crippen MR) is 81.1 cm³/mol. The summed E-state index contributed by atoms with van der Waals surface area (Å²) in [5.41, 5.74) is 0. The van der Waals surface area contributed by atoms with Crippen LogP contribution in [0.3, 0.4) is 0 Å². The molecule has 2 atom stereocenters. The van der Waals surface area contributed by atoms with Gasteiger partial charge >= 0.3 is 12.0 Å². The van der Waals surface area contributed by atoms with Crippen LogP contribution in [0.25, 0.3) is 0 Å². The lowest BCUT2D eigenvalue weighted by molar-refractivity contribution is -0.137. The molecular weight excluding hydrogens is 284 g/mol. The van der Waals surface area contributed by atoms with E-state index in [0.717, 1.165) is 17.3 Å². The predicted octanol–water partition coefficient (Wildman–Crippen LogP) is 1.73. The first-order valence-electron chi connectivity index (χ1n) is 6.49. The number of rotatable bonds is 6. The van der Waals surface area contributed by atoms with Crippen molar-refractivity contribution in [3.63, 3.8) is 0 Å². The van der Waals surface area contributed by atoms with E-state index in [9.17, 15) is 9.59 Å². The Morgan fingerprint density at radius 2 is 2.32 bits per heavy atom. The maximum atomic E-state index is 12.2. The average molecular weight is 306 g/mol. The van der Waals surface area contributed by atoms with Gasteiger partial charge in [0, 0.05) is 29.8 Å². The van der Waals surface area contributed by atoms with E-state index in [2.05, 4.69) is 12.2 Å². The highest BCUT2D eigenvalue weighted by Gasteiger charge is 2.29. The van der Waals surface area contributed by atoms with Gasteiger partial charge in [-0.25, -0.2) is 4.79 Å². The first-order valence-corrected chi connectivity index (χ1v) is 8.80. The zero-order valence-electron chi connectivity index (χ0n) is 11.4. The van der Waals surface area contributed by atoms with E-state index < -0.39 is 5.97 Å². The smallest absolute Gasteiger partial charge is 0.317 e. The van der Waals surface area contributed by atoms with Crippen LogP contribution in [0, 0.1) is 0 Å². The zero-order chi connectivity index (χ0) is 14.3. The van der Waals surface area contributed by atoms with Crippen LogP contribution in [-0.4, -0.2) is 63.6 Å². The van der Waals surface area contributed by atoms with Crippen LogP contribution in [0.2, 0.25) is 0 Å². The molecule has 1 heterocycles. The molecule has 0 aliphatic carbocycles. The van der Waals surface area contributed by atoms with Gasteiger partial charge in [-0.3, -0.25) is 4.79 Å². The van der Waals surface area contributed by atoms with Crippen molar-refractivity contribution in [3.8, 4) is 0 Å². The molecule has 0 radical (unpaired) electrons. The van der Waals surface area contributed by atoms with Crippen molar-refractivity contribution in [2.24, 2.45) is 0 Å². The molecule has 1 saturated heterocycles. The number of carboxylic acid groups (broad SMARTS) is 1. The second-order valence-corrected chi connectivity index (χ2v) is 7.00. The van der Waals surface area contributed by atoms with Gasteiger partial charge in [0.25, 0.3) is 0 Å². The zero-order valence-corrected chi connectivity index (χ0v) is 13.1. The molecule has 7 heteroatoms. The monoisotopic (exact) mass is 306 g/mol. The summed E-state index contributed by atoms with van der Waals surface area (Å²) >= 11 is 3.49. The third-order valence-electron chi connectivity index (χ3n) is 2.84. The van der Waals surface area contributed by atoms with Crippen LogP contribution < -0.4 is 5.32 Å². The summed E-state index contributed by atoms with van der Waals surface area (Å²) in [7, 11) is 0. The van der Waals surface area contributed by atoms with Crippen LogP contribution in [0.1, 0.15) is 20.3 Å².